The first kappa shape index (κ1) is 22.3. The molecule has 2 heterocycles. The van der Waals surface area contributed by atoms with E-state index in [0.29, 0.717) is 0 Å². The lowest BCUT2D eigenvalue weighted by Gasteiger charge is -2.31. The maximum atomic E-state index is 5.57. The predicted molar refractivity (Wildman–Crippen MR) is 124 cm³/mol. The van der Waals surface area contributed by atoms with Gasteiger partial charge in [0.1, 0.15) is 5.75 Å². The highest BCUT2D eigenvalue weighted by Crippen LogP contribution is 2.25. The van der Waals surface area contributed by atoms with Crippen LogP contribution in [0.15, 0.2) is 23.2 Å². The summed E-state index contributed by atoms with van der Waals surface area (Å²) in [5, 5.41) is 6.91. The fourth-order valence-corrected chi connectivity index (χ4v) is 3.93. The summed E-state index contributed by atoms with van der Waals surface area (Å²) in [6.45, 7) is 8.71. The minimum Gasteiger partial charge on any atom is -0.493 e. The zero-order chi connectivity index (χ0) is 18.2. The predicted octanol–water partition coefficient (Wildman–Crippen LogP) is 3.07. The number of ether oxygens (including phenoxy) is 1. The molecule has 0 amide bonds. The first-order valence-electron chi connectivity index (χ1n) is 10.2. The molecule has 0 spiro atoms. The first-order chi connectivity index (χ1) is 12.8. The third kappa shape index (κ3) is 6.82. The molecule has 2 N–H and O–H groups in total. The number of hydrogen-bond donors (Lipinski definition) is 2. The number of aliphatic imine (C=N–C) groups is 1. The summed E-state index contributed by atoms with van der Waals surface area (Å²) in [7, 11) is 1.85. The highest BCUT2D eigenvalue weighted by molar-refractivity contribution is 14.0. The summed E-state index contributed by atoms with van der Waals surface area (Å²) in [5.74, 6) is 2.83. The van der Waals surface area contributed by atoms with Gasteiger partial charge in [-0.15, -0.1) is 24.0 Å². The summed E-state index contributed by atoms with van der Waals surface area (Å²) >= 11 is 0. The van der Waals surface area contributed by atoms with Gasteiger partial charge in [-0.25, -0.2) is 0 Å². The number of nitrogens with zero attached hydrogens (tertiary/aromatic N) is 2. The maximum absolute atomic E-state index is 5.57. The lowest BCUT2D eigenvalue weighted by Crippen LogP contribution is -2.40. The summed E-state index contributed by atoms with van der Waals surface area (Å²) in [6, 6.07) is 6.56. The van der Waals surface area contributed by atoms with E-state index in [0.717, 1.165) is 50.2 Å². The van der Waals surface area contributed by atoms with Crippen LogP contribution in [-0.4, -0.2) is 57.2 Å². The van der Waals surface area contributed by atoms with Crippen LogP contribution in [0.1, 0.15) is 37.3 Å². The van der Waals surface area contributed by atoms with Gasteiger partial charge >= 0.3 is 0 Å². The molecule has 3 rings (SSSR count). The van der Waals surface area contributed by atoms with Gasteiger partial charge in [0.25, 0.3) is 0 Å². The van der Waals surface area contributed by atoms with Crippen molar-refractivity contribution in [2.75, 3.05) is 46.4 Å². The number of fused-ring (bicyclic) bond motifs is 1. The van der Waals surface area contributed by atoms with E-state index >= 15 is 0 Å². The highest BCUT2D eigenvalue weighted by atomic mass is 127. The molecule has 152 valence electrons. The maximum Gasteiger partial charge on any atom is 0.190 e. The van der Waals surface area contributed by atoms with Crippen LogP contribution >= 0.6 is 24.0 Å². The second kappa shape index (κ2) is 11.7. The molecule has 1 fully saturated rings. The third-order valence-electron chi connectivity index (χ3n) is 5.68. The standard InChI is InChI=1S/C21H34N4O.HI/c1-3-25-13-8-17(9-14-25)6-11-23-21(22-2)24-12-7-18-4-5-20-19(16-18)10-15-26-20;/h4-5,16-17H,3,6-15H2,1-2H3,(H2,22,23,24);1H. The van der Waals surface area contributed by atoms with Crippen LogP contribution in [-0.2, 0) is 12.8 Å². The van der Waals surface area contributed by atoms with Gasteiger partial charge in [-0.05, 0) is 68.4 Å². The van der Waals surface area contributed by atoms with E-state index in [4.69, 9.17) is 4.74 Å². The Labute approximate surface area is 181 Å². The molecule has 1 aromatic carbocycles. The Morgan fingerprint density at radius 1 is 1.22 bits per heavy atom. The zero-order valence-corrected chi connectivity index (χ0v) is 19.1. The fourth-order valence-electron chi connectivity index (χ4n) is 3.93. The van der Waals surface area contributed by atoms with Gasteiger partial charge in [-0.3, -0.25) is 4.99 Å². The Hall–Kier alpha value is -1.02. The Balaban J connectivity index is 0.00000261. The van der Waals surface area contributed by atoms with Crippen molar-refractivity contribution in [3.05, 3.63) is 29.3 Å². The van der Waals surface area contributed by atoms with Gasteiger partial charge < -0.3 is 20.3 Å². The van der Waals surface area contributed by atoms with E-state index in [2.05, 4.69) is 45.6 Å². The smallest absolute Gasteiger partial charge is 0.190 e. The SMILES string of the molecule is CCN1CCC(CCNC(=NC)NCCc2ccc3c(c2)CCO3)CC1.I. The van der Waals surface area contributed by atoms with Crippen molar-refractivity contribution in [2.45, 2.75) is 39.0 Å². The van der Waals surface area contributed by atoms with Gasteiger partial charge in [0.05, 0.1) is 6.61 Å². The van der Waals surface area contributed by atoms with Crippen LogP contribution in [0.25, 0.3) is 0 Å². The number of guanidine groups is 1. The van der Waals surface area contributed by atoms with E-state index in [1.165, 1.54) is 50.0 Å². The molecule has 0 bridgehead atoms. The van der Waals surface area contributed by atoms with Crippen molar-refractivity contribution in [1.29, 1.82) is 0 Å². The number of halogens is 1. The number of hydrogen-bond acceptors (Lipinski definition) is 3. The van der Waals surface area contributed by atoms with Crippen LogP contribution < -0.4 is 15.4 Å². The molecule has 0 radical (unpaired) electrons. The monoisotopic (exact) mass is 486 g/mol. The van der Waals surface area contributed by atoms with Crippen molar-refractivity contribution >= 4 is 29.9 Å². The molecule has 0 aliphatic carbocycles. The third-order valence-corrected chi connectivity index (χ3v) is 5.68. The molecule has 2 aliphatic rings. The number of rotatable bonds is 7. The second-order valence-electron chi connectivity index (χ2n) is 7.38. The van der Waals surface area contributed by atoms with Crippen molar-refractivity contribution in [3.8, 4) is 5.75 Å². The molecule has 0 aromatic heterocycles. The fraction of sp³-hybridized carbons (Fsp3) is 0.667. The van der Waals surface area contributed by atoms with E-state index in [1.807, 2.05) is 7.05 Å². The average molecular weight is 486 g/mol. The molecule has 0 saturated carbocycles. The molecule has 0 unspecified atom stereocenters. The Bertz CT molecular complexity index is 600. The first-order valence-corrected chi connectivity index (χ1v) is 10.2. The van der Waals surface area contributed by atoms with Crippen LogP contribution in [0.4, 0.5) is 0 Å². The lowest BCUT2D eigenvalue weighted by atomic mass is 9.93. The van der Waals surface area contributed by atoms with Crippen LogP contribution in [0.3, 0.4) is 0 Å². The molecule has 27 heavy (non-hydrogen) atoms. The van der Waals surface area contributed by atoms with Gasteiger partial charge in [0.2, 0.25) is 0 Å². The normalized spacial score (nSPS) is 17.8. The quantitative estimate of drug-likeness (QED) is 0.354. The second-order valence-corrected chi connectivity index (χ2v) is 7.38. The Kier molecular flexibility index (Phi) is 9.68. The van der Waals surface area contributed by atoms with Gasteiger partial charge in [0, 0.05) is 26.6 Å². The molecule has 2 aliphatic heterocycles. The van der Waals surface area contributed by atoms with Gasteiger partial charge in [-0.1, -0.05) is 19.1 Å². The van der Waals surface area contributed by atoms with Crippen molar-refractivity contribution in [1.82, 2.24) is 15.5 Å². The highest BCUT2D eigenvalue weighted by Gasteiger charge is 2.17. The number of piperidine rings is 1. The minimum atomic E-state index is 0. The van der Waals surface area contributed by atoms with Crippen LogP contribution in [0.2, 0.25) is 0 Å². The average Bonchev–Trinajstić information content (AvgIpc) is 3.15. The molecule has 5 nitrogen and oxygen atoms in total. The molecule has 6 heteroatoms. The van der Waals surface area contributed by atoms with Gasteiger partial charge in [0.15, 0.2) is 5.96 Å². The van der Waals surface area contributed by atoms with Crippen LogP contribution in [0, 0.1) is 5.92 Å². The largest absolute Gasteiger partial charge is 0.493 e. The van der Waals surface area contributed by atoms with Gasteiger partial charge in [-0.2, -0.15) is 0 Å². The summed E-state index contributed by atoms with van der Waals surface area (Å²) in [4.78, 5) is 6.90. The summed E-state index contributed by atoms with van der Waals surface area (Å²) in [5.41, 5.74) is 2.71. The number of likely N-dealkylation sites (tertiary alicyclic amines) is 1. The van der Waals surface area contributed by atoms with E-state index in [9.17, 15) is 0 Å². The molecule has 1 saturated heterocycles. The Morgan fingerprint density at radius 3 is 2.74 bits per heavy atom. The molecule has 0 atom stereocenters. The summed E-state index contributed by atoms with van der Waals surface area (Å²) in [6.07, 6.45) is 5.96. The number of nitrogens with one attached hydrogen (secondary N) is 2. The van der Waals surface area contributed by atoms with Crippen molar-refractivity contribution in [3.63, 3.8) is 0 Å². The van der Waals surface area contributed by atoms with Crippen LogP contribution in [0.5, 0.6) is 5.75 Å². The van der Waals surface area contributed by atoms with Crippen molar-refractivity contribution in [2.24, 2.45) is 10.9 Å². The molecular formula is C21H35IN4O. The number of benzene rings is 1. The van der Waals surface area contributed by atoms with Crippen molar-refractivity contribution < 1.29 is 4.74 Å². The van der Waals surface area contributed by atoms with E-state index in [-0.39, 0.29) is 24.0 Å². The summed E-state index contributed by atoms with van der Waals surface area (Å²) < 4.78 is 5.57. The van der Waals surface area contributed by atoms with E-state index < -0.39 is 0 Å². The lowest BCUT2D eigenvalue weighted by molar-refractivity contribution is 0.187. The minimum absolute atomic E-state index is 0. The zero-order valence-electron chi connectivity index (χ0n) is 16.8. The Morgan fingerprint density at radius 2 is 2.00 bits per heavy atom. The topological polar surface area (TPSA) is 48.9 Å². The molecular weight excluding hydrogens is 451 g/mol. The molecule has 1 aromatic rings. The van der Waals surface area contributed by atoms with E-state index in [1.54, 1.807) is 0 Å².